The standard InChI is InChI=1S/C26H34O7/c1-13-11-16-23(5)10-9-17(28)22(3,4)18(23)15(27)12-24(16,6)26(21(31)32-8)19(29)14(2)33-20(30)25(13,26)7/h14,16,18H,1,9-12H2,2-8H3. The Hall–Kier alpha value is -2.31. The van der Waals surface area contributed by atoms with Crippen molar-refractivity contribution in [1.82, 2.24) is 0 Å². The summed E-state index contributed by atoms with van der Waals surface area (Å²) in [4.78, 5) is 67.8. The number of rotatable bonds is 1. The van der Waals surface area contributed by atoms with Crippen LogP contribution >= 0.6 is 0 Å². The Labute approximate surface area is 194 Å². The highest BCUT2D eigenvalue weighted by Gasteiger charge is 2.82. The first kappa shape index (κ1) is 23.8. The molecule has 0 aromatic rings. The van der Waals surface area contributed by atoms with Crippen molar-refractivity contribution >= 4 is 29.3 Å². The molecule has 0 bridgehead atoms. The van der Waals surface area contributed by atoms with Crippen LogP contribution in [-0.2, 0) is 33.4 Å². The summed E-state index contributed by atoms with van der Waals surface area (Å²) >= 11 is 0. The van der Waals surface area contributed by atoms with Gasteiger partial charge in [-0.3, -0.25) is 24.0 Å². The zero-order valence-electron chi connectivity index (χ0n) is 20.6. The number of Topliss-reactive ketones (excluding diaryl/α,β-unsaturated/α-hetero) is 3. The van der Waals surface area contributed by atoms with Crippen molar-refractivity contribution < 1.29 is 33.4 Å². The van der Waals surface area contributed by atoms with Crippen LogP contribution in [0.4, 0.5) is 0 Å². The van der Waals surface area contributed by atoms with Crippen molar-refractivity contribution in [1.29, 1.82) is 0 Å². The maximum absolute atomic E-state index is 14.0. The molecule has 7 nitrogen and oxygen atoms in total. The summed E-state index contributed by atoms with van der Waals surface area (Å²) in [6, 6.07) is 0. The van der Waals surface area contributed by atoms with Crippen LogP contribution < -0.4 is 0 Å². The summed E-state index contributed by atoms with van der Waals surface area (Å²) in [5, 5.41) is 0. The summed E-state index contributed by atoms with van der Waals surface area (Å²) in [6.45, 7) is 14.6. The Morgan fingerprint density at radius 2 is 1.70 bits per heavy atom. The van der Waals surface area contributed by atoms with E-state index >= 15 is 0 Å². The minimum absolute atomic E-state index is 0.0510. The van der Waals surface area contributed by atoms with E-state index in [2.05, 4.69) is 6.58 Å². The van der Waals surface area contributed by atoms with E-state index in [9.17, 15) is 24.0 Å². The Kier molecular flexibility index (Phi) is 4.79. The van der Waals surface area contributed by atoms with E-state index in [1.165, 1.54) is 21.0 Å². The van der Waals surface area contributed by atoms with E-state index in [-0.39, 0.29) is 23.9 Å². The maximum Gasteiger partial charge on any atom is 0.321 e. The van der Waals surface area contributed by atoms with Gasteiger partial charge in [0.25, 0.3) is 0 Å². The van der Waals surface area contributed by atoms with Crippen molar-refractivity contribution in [2.45, 2.75) is 73.3 Å². The zero-order valence-corrected chi connectivity index (χ0v) is 20.6. The molecular weight excluding hydrogens is 424 g/mol. The van der Waals surface area contributed by atoms with Gasteiger partial charge in [-0.15, -0.1) is 0 Å². The summed E-state index contributed by atoms with van der Waals surface area (Å²) in [5.41, 5.74) is -5.88. The van der Waals surface area contributed by atoms with Crippen LogP contribution in [-0.4, -0.2) is 42.5 Å². The molecule has 0 aromatic carbocycles. The van der Waals surface area contributed by atoms with Crippen LogP contribution in [0.3, 0.4) is 0 Å². The Morgan fingerprint density at radius 3 is 2.27 bits per heavy atom. The molecule has 4 aliphatic rings. The molecule has 0 amide bonds. The van der Waals surface area contributed by atoms with Gasteiger partial charge in [0.05, 0.1) is 7.11 Å². The highest BCUT2D eigenvalue weighted by Crippen LogP contribution is 2.75. The number of hydrogen-bond acceptors (Lipinski definition) is 7. The minimum atomic E-state index is -1.95. The van der Waals surface area contributed by atoms with Crippen LogP contribution in [0.25, 0.3) is 0 Å². The van der Waals surface area contributed by atoms with E-state index < -0.39 is 56.8 Å². The van der Waals surface area contributed by atoms with Crippen molar-refractivity contribution in [2.24, 2.45) is 38.9 Å². The lowest BCUT2D eigenvalue weighted by Gasteiger charge is -2.70. The average Bonchev–Trinajstić information content (AvgIpc) is 2.71. The number of cyclic esters (lactones) is 1. The van der Waals surface area contributed by atoms with Crippen LogP contribution in [0, 0.1) is 38.9 Å². The molecule has 33 heavy (non-hydrogen) atoms. The Balaban J connectivity index is 2.06. The molecule has 0 radical (unpaired) electrons. The quantitative estimate of drug-likeness (QED) is 0.337. The SMILES string of the molecule is C=C1CC2C3(C)CCC(=O)C(C)(C)C3C(=O)CC2(C)C2(C(=O)OC)C(=O)C(C)OC(=O)C12C. The summed E-state index contributed by atoms with van der Waals surface area (Å²) in [7, 11) is 1.20. The Bertz CT molecular complexity index is 1020. The smallest absolute Gasteiger partial charge is 0.321 e. The topological polar surface area (TPSA) is 104 Å². The molecule has 0 spiro atoms. The van der Waals surface area contributed by atoms with Gasteiger partial charge in [-0.25, -0.2) is 0 Å². The van der Waals surface area contributed by atoms with Gasteiger partial charge in [0, 0.05) is 29.6 Å². The van der Waals surface area contributed by atoms with Gasteiger partial charge in [0.15, 0.2) is 17.3 Å². The first-order valence-electron chi connectivity index (χ1n) is 11.7. The largest absolute Gasteiger partial charge is 0.468 e. The van der Waals surface area contributed by atoms with Crippen LogP contribution in [0.2, 0.25) is 0 Å². The van der Waals surface area contributed by atoms with E-state index in [1.54, 1.807) is 6.92 Å². The van der Waals surface area contributed by atoms with Crippen molar-refractivity contribution in [3.63, 3.8) is 0 Å². The van der Waals surface area contributed by atoms with E-state index in [0.29, 0.717) is 24.8 Å². The minimum Gasteiger partial charge on any atom is -0.468 e. The number of carbonyl (C=O) groups is 5. The number of ether oxygens (including phenoxy) is 2. The molecule has 1 saturated heterocycles. The molecular formula is C26H34O7. The lowest BCUT2D eigenvalue weighted by Crippen LogP contribution is -2.77. The molecule has 7 unspecified atom stereocenters. The number of ketones is 3. The van der Waals surface area contributed by atoms with Gasteiger partial charge >= 0.3 is 11.9 Å². The normalized spacial score (nSPS) is 46.6. The lowest BCUT2D eigenvalue weighted by molar-refractivity contribution is -0.237. The maximum atomic E-state index is 14.0. The first-order valence-corrected chi connectivity index (χ1v) is 11.7. The molecule has 1 heterocycles. The first-order chi connectivity index (χ1) is 15.1. The van der Waals surface area contributed by atoms with Gasteiger partial charge < -0.3 is 9.47 Å². The second kappa shape index (κ2) is 6.63. The highest BCUT2D eigenvalue weighted by molar-refractivity contribution is 6.15. The highest BCUT2D eigenvalue weighted by atomic mass is 16.6. The predicted octanol–water partition coefficient (Wildman–Crippen LogP) is 3.23. The van der Waals surface area contributed by atoms with Gasteiger partial charge in [-0.05, 0) is 38.0 Å². The lowest BCUT2D eigenvalue weighted by atomic mass is 9.31. The molecule has 4 fully saturated rings. The molecule has 4 rings (SSSR count). The van der Waals surface area contributed by atoms with Gasteiger partial charge in [-0.2, -0.15) is 0 Å². The average molecular weight is 459 g/mol. The molecule has 180 valence electrons. The molecule has 1 aliphatic heterocycles. The second-order valence-electron chi connectivity index (χ2n) is 11.8. The van der Waals surface area contributed by atoms with Gasteiger partial charge in [-0.1, -0.05) is 39.8 Å². The second-order valence-corrected chi connectivity index (χ2v) is 11.8. The molecule has 0 N–H and O–H groups in total. The summed E-state index contributed by atoms with van der Waals surface area (Å²) < 4.78 is 10.6. The van der Waals surface area contributed by atoms with Crippen LogP contribution in [0.1, 0.15) is 67.2 Å². The third-order valence-corrected chi connectivity index (χ3v) is 10.1. The van der Waals surface area contributed by atoms with Crippen LogP contribution in [0.15, 0.2) is 12.2 Å². The molecule has 3 saturated carbocycles. The molecule has 7 atom stereocenters. The van der Waals surface area contributed by atoms with Gasteiger partial charge in [0.2, 0.25) is 0 Å². The third kappa shape index (κ3) is 2.34. The van der Waals surface area contributed by atoms with E-state index in [1.807, 2.05) is 20.8 Å². The third-order valence-electron chi connectivity index (χ3n) is 10.1. The van der Waals surface area contributed by atoms with Crippen molar-refractivity contribution in [3.05, 3.63) is 12.2 Å². The van der Waals surface area contributed by atoms with Gasteiger partial charge in [0.1, 0.15) is 17.0 Å². The summed E-state index contributed by atoms with van der Waals surface area (Å²) in [5.74, 6) is -3.04. The fourth-order valence-electron chi connectivity index (χ4n) is 8.59. The van der Waals surface area contributed by atoms with E-state index in [0.717, 1.165) is 0 Å². The zero-order chi connectivity index (χ0) is 24.9. The number of methoxy groups -OCH3 is 1. The fourth-order valence-corrected chi connectivity index (χ4v) is 8.59. The van der Waals surface area contributed by atoms with Crippen molar-refractivity contribution in [3.8, 4) is 0 Å². The van der Waals surface area contributed by atoms with E-state index in [4.69, 9.17) is 9.47 Å². The predicted molar refractivity (Wildman–Crippen MR) is 118 cm³/mol. The van der Waals surface area contributed by atoms with Crippen LogP contribution in [0.5, 0.6) is 0 Å². The molecule has 3 aliphatic carbocycles. The summed E-state index contributed by atoms with van der Waals surface area (Å²) in [6.07, 6.45) is -0.105. The molecule has 7 heteroatoms. The number of esters is 2. The van der Waals surface area contributed by atoms with Crippen molar-refractivity contribution in [2.75, 3.05) is 7.11 Å². The number of carbonyl (C=O) groups excluding carboxylic acids is 5. The number of fused-ring (bicyclic) bond motifs is 5. The monoisotopic (exact) mass is 458 g/mol. The number of hydrogen-bond donors (Lipinski definition) is 0. The Morgan fingerprint density at radius 1 is 1.09 bits per heavy atom. The fraction of sp³-hybridized carbons (Fsp3) is 0.731. The molecule has 0 aromatic heterocycles.